The number of fused-ring (bicyclic) bond motifs is 1. The zero-order valence-electron chi connectivity index (χ0n) is 22.1. The summed E-state index contributed by atoms with van der Waals surface area (Å²) in [7, 11) is 0. The lowest BCUT2D eigenvalue weighted by atomic mass is 9.96. The fourth-order valence-electron chi connectivity index (χ4n) is 5.94. The summed E-state index contributed by atoms with van der Waals surface area (Å²) in [6.45, 7) is 9.67. The molecule has 6 nitrogen and oxygen atoms in total. The van der Waals surface area contributed by atoms with Gasteiger partial charge in [0.1, 0.15) is 0 Å². The van der Waals surface area contributed by atoms with Crippen molar-refractivity contribution >= 4 is 16.6 Å². The number of nitrogens with one attached hydrogen (secondary N) is 1. The molecule has 3 heterocycles. The molecule has 38 heavy (non-hydrogen) atoms. The summed E-state index contributed by atoms with van der Waals surface area (Å²) >= 11 is 0. The van der Waals surface area contributed by atoms with Gasteiger partial charge in [-0.05, 0) is 36.2 Å². The van der Waals surface area contributed by atoms with Gasteiger partial charge in [0, 0.05) is 73.7 Å². The van der Waals surface area contributed by atoms with Gasteiger partial charge in [-0.15, -0.1) is 0 Å². The van der Waals surface area contributed by atoms with Gasteiger partial charge in [0.05, 0.1) is 19.3 Å². The Balaban J connectivity index is 1.20. The van der Waals surface area contributed by atoms with Crippen LogP contribution < -0.4 is 10.3 Å². The van der Waals surface area contributed by atoms with Crippen LogP contribution in [0.3, 0.4) is 0 Å². The lowest BCUT2D eigenvalue weighted by Gasteiger charge is -2.40. The van der Waals surface area contributed by atoms with Gasteiger partial charge in [0.2, 0.25) is 0 Å². The van der Waals surface area contributed by atoms with Crippen LogP contribution in [-0.2, 0) is 11.3 Å². The maximum atomic E-state index is 13.7. The molecule has 1 N–H and O–H groups in total. The number of aromatic amines is 1. The molecule has 196 valence electrons. The Kier molecular flexibility index (Phi) is 7.27. The molecule has 0 atom stereocenters. The Labute approximate surface area is 224 Å². The van der Waals surface area contributed by atoms with E-state index in [0.29, 0.717) is 6.54 Å². The van der Waals surface area contributed by atoms with Gasteiger partial charge in [-0.3, -0.25) is 14.6 Å². The summed E-state index contributed by atoms with van der Waals surface area (Å²) in [6.07, 6.45) is 0. The quantitative estimate of drug-likeness (QED) is 0.413. The Morgan fingerprint density at radius 3 is 2.08 bits per heavy atom. The second-order valence-electron chi connectivity index (χ2n) is 10.4. The van der Waals surface area contributed by atoms with Crippen LogP contribution in [0.1, 0.15) is 28.4 Å². The molecule has 0 amide bonds. The average molecular weight is 509 g/mol. The van der Waals surface area contributed by atoms with Gasteiger partial charge in [-0.25, -0.2) is 0 Å². The molecule has 2 aliphatic heterocycles. The van der Waals surface area contributed by atoms with Crippen molar-refractivity contribution in [1.82, 2.24) is 14.8 Å². The first-order chi connectivity index (χ1) is 18.7. The Hall–Kier alpha value is -3.45. The summed E-state index contributed by atoms with van der Waals surface area (Å²) in [5, 5.41) is 0.779. The highest BCUT2D eigenvalue weighted by atomic mass is 16.5. The van der Waals surface area contributed by atoms with Crippen molar-refractivity contribution in [3.8, 4) is 0 Å². The van der Waals surface area contributed by atoms with E-state index in [1.54, 1.807) is 0 Å². The number of hydrogen-bond acceptors (Lipinski definition) is 5. The topological polar surface area (TPSA) is 51.8 Å². The molecule has 4 aromatic rings. The van der Waals surface area contributed by atoms with E-state index in [1.165, 1.54) is 11.1 Å². The Morgan fingerprint density at radius 1 is 0.816 bits per heavy atom. The number of benzene rings is 3. The van der Waals surface area contributed by atoms with E-state index in [4.69, 9.17) is 4.74 Å². The maximum absolute atomic E-state index is 13.7. The predicted molar refractivity (Wildman–Crippen MR) is 154 cm³/mol. The van der Waals surface area contributed by atoms with E-state index >= 15 is 0 Å². The molecule has 1 aromatic heterocycles. The average Bonchev–Trinajstić information content (AvgIpc) is 2.98. The minimum absolute atomic E-state index is 0.153. The molecule has 0 saturated carbocycles. The van der Waals surface area contributed by atoms with Gasteiger partial charge in [0.25, 0.3) is 0 Å². The van der Waals surface area contributed by atoms with Crippen LogP contribution in [0.5, 0.6) is 0 Å². The summed E-state index contributed by atoms with van der Waals surface area (Å²) in [5.74, 6) is 0. The number of aryl methyl sites for hydroxylation is 1. The van der Waals surface area contributed by atoms with Crippen molar-refractivity contribution in [1.29, 1.82) is 0 Å². The number of aromatic nitrogens is 1. The molecule has 3 aromatic carbocycles. The van der Waals surface area contributed by atoms with E-state index in [1.807, 2.05) is 13.0 Å². The van der Waals surface area contributed by atoms with Crippen molar-refractivity contribution in [3.05, 3.63) is 111 Å². The van der Waals surface area contributed by atoms with Crippen molar-refractivity contribution in [2.75, 3.05) is 57.4 Å². The number of hydrogen-bond donors (Lipinski definition) is 1. The summed E-state index contributed by atoms with van der Waals surface area (Å²) in [5.41, 5.74) is 6.66. The van der Waals surface area contributed by atoms with E-state index in [0.717, 1.165) is 80.3 Å². The fraction of sp³-hybridized carbons (Fsp3) is 0.344. The van der Waals surface area contributed by atoms with Crippen molar-refractivity contribution in [2.24, 2.45) is 0 Å². The normalized spacial score (nSPS) is 17.4. The molecule has 6 heteroatoms. The predicted octanol–water partition coefficient (Wildman–Crippen LogP) is 4.58. The summed E-state index contributed by atoms with van der Waals surface area (Å²) in [4.78, 5) is 24.5. The first-order valence-electron chi connectivity index (χ1n) is 13.7. The van der Waals surface area contributed by atoms with Gasteiger partial charge in [-0.2, -0.15) is 0 Å². The monoisotopic (exact) mass is 508 g/mol. The molecule has 0 radical (unpaired) electrons. The minimum atomic E-state index is 0.153. The van der Waals surface area contributed by atoms with E-state index in [9.17, 15) is 4.79 Å². The zero-order chi connectivity index (χ0) is 25.9. The first kappa shape index (κ1) is 24.9. The molecule has 0 spiro atoms. The zero-order valence-corrected chi connectivity index (χ0v) is 22.1. The minimum Gasteiger partial charge on any atom is -0.378 e. The van der Waals surface area contributed by atoms with Crippen molar-refractivity contribution in [3.63, 3.8) is 0 Å². The molecule has 6 rings (SSSR count). The number of rotatable bonds is 6. The molecular weight excluding hydrogens is 472 g/mol. The second-order valence-corrected chi connectivity index (χ2v) is 10.4. The standard InChI is InChI=1S/C32H36N4O2/c1-24-29(32(37)28-22-27(12-13-30(28)33-24)35-18-20-38-21-19-35)23-34-14-16-36(17-15-34)31(25-8-4-2-5-9-25)26-10-6-3-7-11-26/h2-13,22,31H,14-21,23H2,1H3,(H,33,37). The third kappa shape index (κ3) is 5.12. The van der Waals surface area contributed by atoms with Crippen molar-refractivity contribution < 1.29 is 4.74 Å². The first-order valence-corrected chi connectivity index (χ1v) is 13.7. The molecule has 2 saturated heterocycles. The third-order valence-electron chi connectivity index (χ3n) is 8.06. The molecular formula is C32H36N4O2. The van der Waals surface area contributed by atoms with Crippen LogP contribution in [0.4, 0.5) is 5.69 Å². The van der Waals surface area contributed by atoms with Crippen LogP contribution in [0.15, 0.2) is 83.7 Å². The van der Waals surface area contributed by atoms with Gasteiger partial charge in [0.15, 0.2) is 5.43 Å². The molecule has 0 aliphatic carbocycles. The number of pyridine rings is 1. The summed E-state index contributed by atoms with van der Waals surface area (Å²) < 4.78 is 5.51. The summed E-state index contributed by atoms with van der Waals surface area (Å²) in [6, 6.07) is 28.0. The lowest BCUT2D eigenvalue weighted by Crippen LogP contribution is -2.47. The molecule has 2 aliphatic rings. The van der Waals surface area contributed by atoms with Gasteiger partial charge in [-0.1, -0.05) is 60.7 Å². The molecule has 2 fully saturated rings. The molecule has 0 bridgehead atoms. The highest BCUT2D eigenvalue weighted by molar-refractivity contribution is 5.83. The van der Waals surface area contributed by atoms with E-state index in [-0.39, 0.29) is 11.5 Å². The lowest BCUT2D eigenvalue weighted by molar-refractivity contribution is 0.104. The highest BCUT2D eigenvalue weighted by Gasteiger charge is 2.27. The van der Waals surface area contributed by atoms with Crippen molar-refractivity contribution in [2.45, 2.75) is 19.5 Å². The molecule has 0 unspecified atom stereocenters. The Bertz CT molecular complexity index is 1380. The number of morpholine rings is 1. The number of ether oxygens (including phenoxy) is 1. The number of piperazine rings is 1. The Morgan fingerprint density at radius 2 is 1.45 bits per heavy atom. The fourth-order valence-corrected chi connectivity index (χ4v) is 5.94. The van der Waals surface area contributed by atoms with Gasteiger partial charge < -0.3 is 14.6 Å². The largest absolute Gasteiger partial charge is 0.378 e. The van der Waals surface area contributed by atoms with Crippen LogP contribution >= 0.6 is 0 Å². The van der Waals surface area contributed by atoms with Crippen LogP contribution in [0.25, 0.3) is 10.9 Å². The van der Waals surface area contributed by atoms with Crippen LogP contribution in [0, 0.1) is 6.92 Å². The van der Waals surface area contributed by atoms with Crippen LogP contribution in [0.2, 0.25) is 0 Å². The van der Waals surface area contributed by atoms with E-state index < -0.39 is 0 Å². The smallest absolute Gasteiger partial charge is 0.194 e. The maximum Gasteiger partial charge on any atom is 0.194 e. The number of H-pyrrole nitrogens is 1. The number of anilines is 1. The van der Waals surface area contributed by atoms with Gasteiger partial charge >= 0.3 is 0 Å². The third-order valence-corrected chi connectivity index (χ3v) is 8.06. The second kappa shape index (κ2) is 11.1. The highest BCUT2D eigenvalue weighted by Crippen LogP contribution is 2.30. The SMILES string of the molecule is Cc1[nH]c2ccc(N3CCOCC3)cc2c(=O)c1CN1CCN(C(c2ccccc2)c2ccccc2)CC1. The number of nitrogens with zero attached hydrogens (tertiary/aromatic N) is 3. The van der Waals surface area contributed by atoms with Crippen LogP contribution in [-0.4, -0.2) is 67.3 Å². The van der Waals surface area contributed by atoms with E-state index in [2.05, 4.69) is 92.5 Å².